The number of benzene rings is 1. The van der Waals surface area contributed by atoms with E-state index in [1.165, 1.54) is 5.69 Å². The third-order valence-corrected chi connectivity index (χ3v) is 3.56. The molecule has 0 saturated carbocycles. The normalized spacial score (nSPS) is 12.5. The van der Waals surface area contributed by atoms with Crippen LogP contribution in [0.5, 0.6) is 0 Å². The SMILES string of the molecule is CCN(c1ccc(Br)cc1CCl)C(C)COC. The molecule has 4 heteroatoms. The monoisotopic (exact) mass is 319 g/mol. The predicted molar refractivity (Wildman–Crippen MR) is 78.1 cm³/mol. The van der Waals surface area contributed by atoms with Crippen molar-refractivity contribution in [2.45, 2.75) is 25.8 Å². The van der Waals surface area contributed by atoms with E-state index >= 15 is 0 Å². The zero-order valence-corrected chi connectivity index (χ0v) is 12.9. The molecule has 2 nitrogen and oxygen atoms in total. The molecule has 1 rings (SSSR count). The quantitative estimate of drug-likeness (QED) is 0.733. The summed E-state index contributed by atoms with van der Waals surface area (Å²) in [7, 11) is 1.73. The molecule has 0 aliphatic rings. The van der Waals surface area contributed by atoms with Gasteiger partial charge in [-0.1, -0.05) is 15.9 Å². The van der Waals surface area contributed by atoms with Gasteiger partial charge in [-0.15, -0.1) is 11.6 Å². The molecule has 1 atom stereocenters. The lowest BCUT2D eigenvalue weighted by atomic mass is 10.1. The van der Waals surface area contributed by atoms with Gasteiger partial charge in [-0.25, -0.2) is 0 Å². The molecule has 0 saturated heterocycles. The minimum Gasteiger partial charge on any atom is -0.383 e. The van der Waals surface area contributed by atoms with Crippen LogP contribution < -0.4 is 4.90 Å². The Kier molecular flexibility index (Phi) is 6.31. The summed E-state index contributed by atoms with van der Waals surface area (Å²) in [5, 5.41) is 0. The number of hydrogen-bond acceptors (Lipinski definition) is 2. The summed E-state index contributed by atoms with van der Waals surface area (Å²) in [5.41, 5.74) is 2.33. The van der Waals surface area contributed by atoms with Crippen molar-refractivity contribution in [3.8, 4) is 0 Å². The topological polar surface area (TPSA) is 12.5 Å². The molecule has 0 radical (unpaired) electrons. The van der Waals surface area contributed by atoms with E-state index in [2.05, 4.69) is 46.8 Å². The standard InChI is InChI=1S/C13H19BrClNO/c1-4-16(10(2)9-17-3)13-6-5-12(14)7-11(13)8-15/h5-7,10H,4,8-9H2,1-3H3. The van der Waals surface area contributed by atoms with Gasteiger partial charge in [0, 0.05) is 35.7 Å². The lowest BCUT2D eigenvalue weighted by Crippen LogP contribution is -2.36. The van der Waals surface area contributed by atoms with Gasteiger partial charge in [-0.05, 0) is 37.6 Å². The number of nitrogens with zero attached hydrogens (tertiary/aromatic N) is 1. The Morgan fingerprint density at radius 2 is 2.18 bits per heavy atom. The zero-order valence-electron chi connectivity index (χ0n) is 10.5. The van der Waals surface area contributed by atoms with Crippen LogP contribution in [0.2, 0.25) is 0 Å². The van der Waals surface area contributed by atoms with Crippen LogP contribution in [0, 0.1) is 0 Å². The first kappa shape index (κ1) is 14.8. The fraction of sp³-hybridized carbons (Fsp3) is 0.538. The lowest BCUT2D eigenvalue weighted by Gasteiger charge is -2.31. The van der Waals surface area contributed by atoms with Crippen LogP contribution in [0.3, 0.4) is 0 Å². The maximum Gasteiger partial charge on any atom is 0.0663 e. The highest BCUT2D eigenvalue weighted by Crippen LogP contribution is 2.27. The molecule has 0 aliphatic carbocycles. The average molecular weight is 321 g/mol. The third kappa shape index (κ3) is 3.87. The van der Waals surface area contributed by atoms with Crippen LogP contribution in [0.4, 0.5) is 5.69 Å². The molecule has 0 aromatic heterocycles. The number of alkyl halides is 1. The van der Waals surface area contributed by atoms with Gasteiger partial charge < -0.3 is 9.64 Å². The Hall–Kier alpha value is -0.250. The van der Waals surface area contributed by atoms with Crippen LogP contribution >= 0.6 is 27.5 Å². The van der Waals surface area contributed by atoms with Crippen molar-refractivity contribution < 1.29 is 4.74 Å². The second kappa shape index (κ2) is 7.24. The van der Waals surface area contributed by atoms with Gasteiger partial charge in [-0.2, -0.15) is 0 Å². The maximum atomic E-state index is 6.01. The highest BCUT2D eigenvalue weighted by molar-refractivity contribution is 9.10. The number of rotatable bonds is 6. The van der Waals surface area contributed by atoms with Crippen LogP contribution in [0.1, 0.15) is 19.4 Å². The number of ether oxygens (including phenoxy) is 1. The largest absolute Gasteiger partial charge is 0.383 e. The summed E-state index contributed by atoms with van der Waals surface area (Å²) in [6.45, 7) is 5.96. The van der Waals surface area contributed by atoms with E-state index in [1.807, 2.05) is 6.07 Å². The van der Waals surface area contributed by atoms with E-state index in [4.69, 9.17) is 16.3 Å². The van der Waals surface area contributed by atoms with E-state index in [0.29, 0.717) is 18.5 Å². The Morgan fingerprint density at radius 1 is 1.47 bits per heavy atom. The fourth-order valence-electron chi connectivity index (χ4n) is 1.99. The zero-order chi connectivity index (χ0) is 12.8. The molecular weight excluding hydrogens is 302 g/mol. The van der Waals surface area contributed by atoms with Crippen molar-refractivity contribution in [3.63, 3.8) is 0 Å². The number of halogens is 2. The molecule has 0 bridgehead atoms. The van der Waals surface area contributed by atoms with Gasteiger partial charge in [0.05, 0.1) is 6.61 Å². The number of likely N-dealkylation sites (N-methyl/N-ethyl adjacent to an activating group) is 1. The summed E-state index contributed by atoms with van der Waals surface area (Å²) in [6, 6.07) is 6.57. The predicted octanol–water partition coefficient (Wildman–Crippen LogP) is 4.05. The first-order chi connectivity index (χ1) is 8.13. The van der Waals surface area contributed by atoms with Gasteiger partial charge in [0.1, 0.15) is 0 Å². The summed E-state index contributed by atoms with van der Waals surface area (Å²) in [6.07, 6.45) is 0. The molecule has 0 N–H and O–H groups in total. The van der Waals surface area contributed by atoms with Crippen molar-refractivity contribution in [1.29, 1.82) is 0 Å². The van der Waals surface area contributed by atoms with Crippen LogP contribution in [-0.4, -0.2) is 26.3 Å². The Bertz CT molecular complexity index is 359. The second-order valence-electron chi connectivity index (χ2n) is 4.00. The fourth-order valence-corrected chi connectivity index (χ4v) is 2.61. The van der Waals surface area contributed by atoms with Crippen molar-refractivity contribution in [3.05, 3.63) is 28.2 Å². The molecule has 17 heavy (non-hydrogen) atoms. The van der Waals surface area contributed by atoms with E-state index in [9.17, 15) is 0 Å². The Balaban J connectivity index is 3.02. The molecule has 96 valence electrons. The van der Waals surface area contributed by atoms with Crippen molar-refractivity contribution in [1.82, 2.24) is 0 Å². The molecule has 0 spiro atoms. The molecule has 1 aromatic rings. The Morgan fingerprint density at radius 3 is 2.71 bits per heavy atom. The van der Waals surface area contributed by atoms with Crippen molar-refractivity contribution in [2.75, 3.05) is 25.2 Å². The number of hydrogen-bond donors (Lipinski definition) is 0. The minimum absolute atomic E-state index is 0.341. The van der Waals surface area contributed by atoms with Gasteiger partial charge in [-0.3, -0.25) is 0 Å². The summed E-state index contributed by atoms with van der Waals surface area (Å²) in [5.74, 6) is 0.519. The van der Waals surface area contributed by atoms with Gasteiger partial charge in [0.2, 0.25) is 0 Å². The Labute approximate surface area is 117 Å². The van der Waals surface area contributed by atoms with Crippen molar-refractivity contribution >= 4 is 33.2 Å². The van der Waals surface area contributed by atoms with Crippen LogP contribution in [-0.2, 0) is 10.6 Å². The van der Waals surface area contributed by atoms with Crippen molar-refractivity contribution in [2.24, 2.45) is 0 Å². The van der Waals surface area contributed by atoms with E-state index < -0.39 is 0 Å². The van der Waals surface area contributed by atoms with Gasteiger partial charge in [0.15, 0.2) is 0 Å². The summed E-state index contributed by atoms with van der Waals surface area (Å²) in [4.78, 5) is 2.31. The minimum atomic E-state index is 0.341. The van der Waals surface area contributed by atoms with Crippen LogP contribution in [0.15, 0.2) is 22.7 Å². The average Bonchev–Trinajstić information content (AvgIpc) is 2.32. The smallest absolute Gasteiger partial charge is 0.0663 e. The highest BCUT2D eigenvalue weighted by atomic mass is 79.9. The molecule has 1 unspecified atom stereocenters. The molecular formula is C13H19BrClNO. The first-order valence-corrected chi connectivity index (χ1v) is 7.06. The highest BCUT2D eigenvalue weighted by Gasteiger charge is 2.15. The molecule has 0 fully saturated rings. The van der Waals surface area contributed by atoms with Crippen LogP contribution in [0.25, 0.3) is 0 Å². The molecule has 0 amide bonds. The first-order valence-electron chi connectivity index (χ1n) is 5.74. The van der Waals surface area contributed by atoms with E-state index in [-0.39, 0.29) is 0 Å². The maximum absolute atomic E-state index is 6.01. The lowest BCUT2D eigenvalue weighted by molar-refractivity contribution is 0.182. The summed E-state index contributed by atoms with van der Waals surface area (Å²) >= 11 is 9.48. The third-order valence-electron chi connectivity index (χ3n) is 2.78. The number of methoxy groups -OCH3 is 1. The van der Waals surface area contributed by atoms with E-state index in [0.717, 1.165) is 16.6 Å². The molecule has 1 aromatic carbocycles. The molecule has 0 aliphatic heterocycles. The molecule has 0 heterocycles. The van der Waals surface area contributed by atoms with Gasteiger partial charge >= 0.3 is 0 Å². The summed E-state index contributed by atoms with van der Waals surface area (Å²) < 4.78 is 6.28. The van der Waals surface area contributed by atoms with Gasteiger partial charge in [0.25, 0.3) is 0 Å². The second-order valence-corrected chi connectivity index (χ2v) is 5.18. The number of anilines is 1. The van der Waals surface area contributed by atoms with E-state index in [1.54, 1.807) is 7.11 Å².